The number of aliphatic hydroxyl groups excluding tert-OH is 1. The van der Waals surface area contributed by atoms with Crippen LogP contribution in [-0.2, 0) is 19.1 Å². The molecule has 41 heavy (non-hydrogen) atoms. The van der Waals surface area contributed by atoms with Gasteiger partial charge in [-0.3, -0.25) is 14.4 Å². The number of carbonyl (C=O) groups excluding carboxylic acids is 5. The molecule has 2 saturated carbocycles. The second-order valence-corrected chi connectivity index (χ2v) is 14.2. The number of piperidine rings is 1. The van der Waals surface area contributed by atoms with E-state index in [1.54, 1.807) is 41.5 Å². The molecule has 0 aromatic rings. The summed E-state index contributed by atoms with van der Waals surface area (Å²) in [5.41, 5.74) is 3.81. The number of nitrogens with zero attached hydrogens (tertiary/aromatic N) is 1. The molecule has 0 radical (unpaired) electrons. The number of carbonyl (C=O) groups is 5. The third-order valence-electron chi connectivity index (χ3n) is 8.30. The van der Waals surface area contributed by atoms with Gasteiger partial charge in [0.1, 0.15) is 17.7 Å². The van der Waals surface area contributed by atoms with Crippen molar-refractivity contribution in [2.75, 3.05) is 13.1 Å². The first kappa shape index (κ1) is 32.4. The summed E-state index contributed by atoms with van der Waals surface area (Å²) < 4.78 is 5.28. The third kappa shape index (κ3) is 7.81. The largest absolute Gasteiger partial charge is 0.444 e. The second kappa shape index (κ2) is 11.7. The summed E-state index contributed by atoms with van der Waals surface area (Å²) in [5, 5.41) is 21.2. The van der Waals surface area contributed by atoms with Crippen LogP contribution in [0.5, 0.6) is 0 Å². The fourth-order valence-corrected chi connectivity index (χ4v) is 5.93. The van der Waals surface area contributed by atoms with Crippen LogP contribution in [-0.4, -0.2) is 88.3 Å². The van der Waals surface area contributed by atoms with Crippen LogP contribution in [0.2, 0.25) is 0 Å². The van der Waals surface area contributed by atoms with Crippen molar-refractivity contribution in [3.63, 3.8) is 0 Å². The van der Waals surface area contributed by atoms with E-state index in [0.29, 0.717) is 0 Å². The molecule has 7 N–H and O–H groups in total. The molecule has 0 spiro atoms. The number of nitrogens with two attached hydrogens (primary N) is 1. The number of hydrogen-bond acceptors (Lipinski definition) is 7. The number of aliphatic hydroxyl groups is 1. The summed E-state index contributed by atoms with van der Waals surface area (Å²) in [6, 6.07) is -3.55. The highest BCUT2D eigenvalue weighted by Gasteiger charge is 2.69. The van der Waals surface area contributed by atoms with Gasteiger partial charge in [-0.2, -0.15) is 0 Å². The maximum Gasteiger partial charge on any atom is 0.407 e. The van der Waals surface area contributed by atoms with Crippen LogP contribution in [0.3, 0.4) is 0 Å². The maximum atomic E-state index is 14.0. The molecule has 2 aliphatic carbocycles. The van der Waals surface area contributed by atoms with Crippen molar-refractivity contribution in [1.29, 1.82) is 0 Å². The first-order chi connectivity index (χ1) is 18.7. The topological polar surface area (TPSA) is 192 Å². The molecule has 0 aromatic heterocycles. The van der Waals surface area contributed by atoms with E-state index in [1.165, 1.54) is 4.90 Å². The predicted octanol–water partition coefficient (Wildman–Crippen LogP) is 0.592. The van der Waals surface area contributed by atoms with E-state index >= 15 is 0 Å². The molecule has 6 amide bonds. The maximum absolute atomic E-state index is 14.0. The van der Waals surface area contributed by atoms with Crippen LogP contribution in [0.4, 0.5) is 9.59 Å². The molecule has 6 atom stereocenters. The van der Waals surface area contributed by atoms with Gasteiger partial charge in [0.05, 0.1) is 12.6 Å². The van der Waals surface area contributed by atoms with E-state index in [4.69, 9.17) is 10.5 Å². The summed E-state index contributed by atoms with van der Waals surface area (Å²) in [6.07, 6.45) is 0.0998. The molecule has 0 bridgehead atoms. The number of primary amides is 1. The van der Waals surface area contributed by atoms with E-state index in [-0.39, 0.29) is 36.3 Å². The van der Waals surface area contributed by atoms with Gasteiger partial charge in [0, 0.05) is 12.1 Å². The van der Waals surface area contributed by atoms with E-state index < -0.39 is 65.2 Å². The lowest BCUT2D eigenvalue weighted by atomic mass is 9.77. The Morgan fingerprint density at radius 2 is 1.66 bits per heavy atom. The average Bonchev–Trinajstić information content (AvgIpc) is 3.11. The molecule has 1 aliphatic heterocycles. The fourth-order valence-electron chi connectivity index (χ4n) is 5.93. The predicted molar refractivity (Wildman–Crippen MR) is 150 cm³/mol. The lowest BCUT2D eigenvalue weighted by Crippen LogP contribution is -2.62. The van der Waals surface area contributed by atoms with Gasteiger partial charge in [-0.1, -0.05) is 20.3 Å². The lowest BCUT2D eigenvalue weighted by molar-refractivity contribution is -0.143. The third-order valence-corrected chi connectivity index (χ3v) is 8.30. The minimum atomic E-state index is -1.55. The molecule has 1 saturated heterocycles. The van der Waals surface area contributed by atoms with Crippen molar-refractivity contribution >= 4 is 29.8 Å². The highest BCUT2D eigenvalue weighted by molar-refractivity contribution is 5.94. The van der Waals surface area contributed by atoms with Crippen molar-refractivity contribution in [3.05, 3.63) is 0 Å². The van der Waals surface area contributed by atoms with Gasteiger partial charge in [0.15, 0.2) is 6.10 Å². The van der Waals surface area contributed by atoms with Crippen LogP contribution < -0.4 is 27.0 Å². The van der Waals surface area contributed by atoms with E-state index in [1.807, 2.05) is 13.8 Å². The monoisotopic (exact) mass is 580 g/mol. The minimum absolute atomic E-state index is 0.0493. The molecule has 1 heterocycles. The van der Waals surface area contributed by atoms with Crippen LogP contribution in [0.1, 0.15) is 74.7 Å². The van der Waals surface area contributed by atoms with E-state index in [9.17, 15) is 29.1 Å². The normalized spacial score (nSPS) is 25.5. The summed E-state index contributed by atoms with van der Waals surface area (Å²) >= 11 is 0. The SMILES string of the molecule is CC(C)(C)NC(=O)N[C@@H](CNC(=O)OC(C)(C)C)C(=O)N1CC2C(C1C(=O)NC(C1CCC1)C(O)C(N)=O)C2(C)C. The van der Waals surface area contributed by atoms with Gasteiger partial charge in [-0.15, -0.1) is 0 Å². The van der Waals surface area contributed by atoms with E-state index in [2.05, 4.69) is 21.3 Å². The zero-order valence-corrected chi connectivity index (χ0v) is 25.5. The van der Waals surface area contributed by atoms with Crippen molar-refractivity contribution in [2.45, 2.75) is 110 Å². The quantitative estimate of drug-likeness (QED) is 0.230. The molecule has 13 nitrogen and oxygen atoms in total. The summed E-state index contributed by atoms with van der Waals surface area (Å²) in [4.78, 5) is 66.1. The van der Waals surface area contributed by atoms with Gasteiger partial charge in [-0.05, 0) is 77.6 Å². The Bertz CT molecular complexity index is 1050. The fraction of sp³-hybridized carbons (Fsp3) is 0.821. The Labute approximate surface area is 242 Å². The zero-order valence-electron chi connectivity index (χ0n) is 25.5. The number of urea groups is 1. The van der Waals surface area contributed by atoms with E-state index in [0.717, 1.165) is 19.3 Å². The van der Waals surface area contributed by atoms with Gasteiger partial charge < -0.3 is 41.7 Å². The number of ether oxygens (including phenoxy) is 1. The number of rotatable bonds is 9. The first-order valence-electron chi connectivity index (χ1n) is 14.4. The van der Waals surface area contributed by atoms with Gasteiger partial charge >= 0.3 is 12.1 Å². The highest BCUT2D eigenvalue weighted by Crippen LogP contribution is 2.65. The van der Waals surface area contributed by atoms with Crippen LogP contribution in [0, 0.1) is 23.2 Å². The van der Waals surface area contributed by atoms with Gasteiger partial charge in [-0.25, -0.2) is 9.59 Å². The van der Waals surface area contributed by atoms with Crippen LogP contribution >= 0.6 is 0 Å². The molecule has 13 heteroatoms. The Morgan fingerprint density at radius 3 is 2.15 bits per heavy atom. The Kier molecular flexibility index (Phi) is 9.22. The number of fused-ring (bicyclic) bond motifs is 1. The number of amides is 6. The standard InChI is InChI=1S/C28H48N6O7/c1-26(2,3)33-24(39)31-16(12-30-25(40)41-27(4,5)6)23(38)34-13-15-17(28(15,7)8)19(34)22(37)32-18(14-10-9-11-14)20(35)21(29)36/h14-20,35H,9-13H2,1-8H3,(H2,29,36)(H,30,40)(H,32,37)(H2,31,33,39)/t15?,16-,17?,18?,19?,20?/m0/s1. The van der Waals surface area contributed by atoms with Crippen molar-refractivity contribution in [1.82, 2.24) is 26.2 Å². The molecule has 232 valence electrons. The summed E-state index contributed by atoms with van der Waals surface area (Å²) in [5.74, 6) is -2.14. The lowest BCUT2D eigenvalue weighted by Gasteiger charge is -2.38. The molecular weight excluding hydrogens is 532 g/mol. The molecule has 3 fully saturated rings. The number of likely N-dealkylation sites (tertiary alicyclic amines) is 1. The molecule has 0 aromatic carbocycles. The van der Waals surface area contributed by atoms with Gasteiger partial charge in [0.2, 0.25) is 17.7 Å². The second-order valence-electron chi connectivity index (χ2n) is 14.2. The van der Waals surface area contributed by atoms with Gasteiger partial charge in [0.25, 0.3) is 0 Å². The number of alkyl carbamates (subject to hydrolysis) is 1. The van der Waals surface area contributed by atoms with Crippen molar-refractivity contribution in [2.24, 2.45) is 28.9 Å². The smallest absolute Gasteiger partial charge is 0.407 e. The summed E-state index contributed by atoms with van der Waals surface area (Å²) in [6.45, 7) is 14.6. The number of hydrogen-bond donors (Lipinski definition) is 6. The highest BCUT2D eigenvalue weighted by atomic mass is 16.6. The minimum Gasteiger partial charge on any atom is -0.444 e. The van der Waals surface area contributed by atoms with Crippen molar-refractivity contribution < 1.29 is 33.8 Å². The Balaban J connectivity index is 1.83. The van der Waals surface area contributed by atoms with Crippen LogP contribution in [0.15, 0.2) is 0 Å². The zero-order chi connectivity index (χ0) is 31.1. The average molecular weight is 581 g/mol. The number of nitrogens with one attached hydrogen (secondary N) is 4. The van der Waals surface area contributed by atoms with Crippen molar-refractivity contribution in [3.8, 4) is 0 Å². The molecule has 3 rings (SSSR count). The van der Waals surface area contributed by atoms with Crippen LogP contribution in [0.25, 0.3) is 0 Å². The Morgan fingerprint density at radius 1 is 1.05 bits per heavy atom. The summed E-state index contributed by atoms with van der Waals surface area (Å²) in [7, 11) is 0. The first-order valence-corrected chi connectivity index (χ1v) is 14.4. The molecule has 5 unspecified atom stereocenters. The molecule has 3 aliphatic rings. The Hall–Kier alpha value is -3.09. The molecular formula is C28H48N6O7.